The first-order valence-electron chi connectivity index (χ1n) is 10.5. The van der Waals surface area contributed by atoms with Gasteiger partial charge in [-0.1, -0.05) is 42.1 Å². The molecule has 0 unspecified atom stereocenters. The summed E-state index contributed by atoms with van der Waals surface area (Å²) < 4.78 is 7.35. The van der Waals surface area contributed by atoms with E-state index in [2.05, 4.69) is 25.5 Å². The number of nitrogens with zero attached hydrogens (tertiary/aromatic N) is 3. The number of aromatic amines is 2. The number of carbonyl (C=O) groups excluding carboxylic acids is 1. The van der Waals surface area contributed by atoms with Gasteiger partial charge in [-0.05, 0) is 31.2 Å². The topological polar surface area (TPSA) is 135 Å². The number of hydrogen-bond acceptors (Lipinski definition) is 7. The predicted octanol–water partition coefficient (Wildman–Crippen LogP) is 2.36. The number of benzene rings is 2. The Hall–Kier alpha value is -4.12. The number of ether oxygens (including phenoxy) is 1. The lowest BCUT2D eigenvalue weighted by molar-refractivity contribution is -0.113. The number of nitrogens with one attached hydrogen (secondary N) is 3. The van der Waals surface area contributed by atoms with Gasteiger partial charge in [-0.25, -0.2) is 4.79 Å². The minimum absolute atomic E-state index is 0.0905. The van der Waals surface area contributed by atoms with Crippen LogP contribution in [0.4, 0.5) is 5.69 Å². The van der Waals surface area contributed by atoms with Crippen molar-refractivity contribution >= 4 is 23.4 Å². The Kier molecular flexibility index (Phi) is 7.23. The number of hydrogen-bond donors (Lipinski definition) is 3. The Labute approximate surface area is 198 Å². The monoisotopic (exact) mass is 478 g/mol. The van der Waals surface area contributed by atoms with E-state index in [1.807, 2.05) is 49.4 Å². The molecule has 4 rings (SSSR count). The van der Waals surface area contributed by atoms with Crippen LogP contribution in [0.2, 0.25) is 0 Å². The summed E-state index contributed by atoms with van der Waals surface area (Å²) >= 11 is 1.22. The third-order valence-corrected chi connectivity index (χ3v) is 5.60. The third kappa shape index (κ3) is 5.62. The predicted molar refractivity (Wildman–Crippen MR) is 129 cm³/mol. The molecule has 0 aliphatic heterocycles. The van der Waals surface area contributed by atoms with Gasteiger partial charge in [-0.2, -0.15) is 0 Å². The summed E-state index contributed by atoms with van der Waals surface area (Å²) in [6.45, 7) is 2.37. The number of para-hydroxylation sites is 3. The largest absolute Gasteiger partial charge is 0.492 e. The molecule has 0 radical (unpaired) electrons. The number of aromatic nitrogens is 5. The molecule has 1 amide bonds. The van der Waals surface area contributed by atoms with Crippen molar-refractivity contribution in [2.24, 2.45) is 0 Å². The van der Waals surface area contributed by atoms with Crippen LogP contribution in [0.3, 0.4) is 0 Å². The minimum atomic E-state index is -0.591. The van der Waals surface area contributed by atoms with Gasteiger partial charge < -0.3 is 15.0 Å². The van der Waals surface area contributed by atoms with Crippen molar-refractivity contribution in [1.82, 2.24) is 24.7 Å². The Balaban J connectivity index is 1.55. The highest BCUT2D eigenvalue weighted by molar-refractivity contribution is 7.99. The molecule has 2 aromatic heterocycles. The number of thioether (sulfide) groups is 1. The fraction of sp³-hybridized carbons (Fsp3) is 0.174. The van der Waals surface area contributed by atoms with E-state index in [1.165, 1.54) is 17.8 Å². The molecule has 0 atom stereocenters. The van der Waals surface area contributed by atoms with Crippen molar-refractivity contribution in [3.8, 4) is 11.4 Å². The molecule has 0 aliphatic carbocycles. The molecule has 0 saturated carbocycles. The normalized spacial score (nSPS) is 10.7. The highest BCUT2D eigenvalue weighted by atomic mass is 32.2. The zero-order valence-electron chi connectivity index (χ0n) is 18.3. The maximum Gasteiger partial charge on any atom is 0.325 e. The second kappa shape index (κ2) is 10.7. The molecule has 2 aromatic carbocycles. The highest BCUT2D eigenvalue weighted by Gasteiger charge is 2.17. The van der Waals surface area contributed by atoms with Gasteiger partial charge >= 0.3 is 5.69 Å². The maximum absolute atomic E-state index is 12.6. The summed E-state index contributed by atoms with van der Waals surface area (Å²) in [6, 6.07) is 17.9. The summed E-state index contributed by atoms with van der Waals surface area (Å²) in [6.07, 6.45) is 0.176. The van der Waals surface area contributed by atoms with Crippen LogP contribution in [0.25, 0.3) is 5.69 Å². The van der Waals surface area contributed by atoms with Crippen LogP contribution >= 0.6 is 11.8 Å². The van der Waals surface area contributed by atoms with Gasteiger partial charge in [0.1, 0.15) is 11.6 Å². The van der Waals surface area contributed by atoms with Gasteiger partial charge in [0.05, 0.1) is 18.0 Å². The van der Waals surface area contributed by atoms with Crippen molar-refractivity contribution < 1.29 is 9.53 Å². The summed E-state index contributed by atoms with van der Waals surface area (Å²) in [4.78, 5) is 40.7. The van der Waals surface area contributed by atoms with Crippen molar-refractivity contribution in [3.05, 3.63) is 93.0 Å². The lowest BCUT2D eigenvalue weighted by Gasteiger charge is -2.12. The zero-order chi connectivity index (χ0) is 23.9. The first-order valence-corrected chi connectivity index (χ1v) is 11.5. The second-order valence-corrected chi connectivity index (χ2v) is 8.07. The average molecular weight is 479 g/mol. The van der Waals surface area contributed by atoms with Gasteiger partial charge in [0.25, 0.3) is 5.56 Å². The van der Waals surface area contributed by atoms with Gasteiger partial charge in [0, 0.05) is 23.9 Å². The zero-order valence-corrected chi connectivity index (χ0v) is 19.1. The fourth-order valence-corrected chi connectivity index (χ4v) is 4.07. The second-order valence-electron chi connectivity index (χ2n) is 7.13. The van der Waals surface area contributed by atoms with Crippen molar-refractivity contribution in [3.63, 3.8) is 0 Å². The summed E-state index contributed by atoms with van der Waals surface area (Å²) in [5.41, 5.74) is 0.702. The Morgan fingerprint density at radius 1 is 1.06 bits per heavy atom. The van der Waals surface area contributed by atoms with E-state index in [0.29, 0.717) is 34.7 Å². The lowest BCUT2D eigenvalue weighted by atomic mass is 10.2. The van der Waals surface area contributed by atoms with Crippen LogP contribution in [0.1, 0.15) is 18.4 Å². The Morgan fingerprint density at radius 2 is 1.82 bits per heavy atom. The molecule has 0 bridgehead atoms. The minimum Gasteiger partial charge on any atom is -0.492 e. The van der Waals surface area contributed by atoms with E-state index < -0.39 is 11.2 Å². The molecule has 34 heavy (non-hydrogen) atoms. The Morgan fingerprint density at radius 3 is 2.59 bits per heavy atom. The molecule has 174 valence electrons. The number of carbonyl (C=O) groups is 1. The lowest BCUT2D eigenvalue weighted by Crippen LogP contribution is -2.23. The SMILES string of the molecule is CCOc1ccccc1NC(=O)CSc1nnc(Cc2cc(=O)[nH]c(=O)[nH]2)n1-c1ccccc1. The van der Waals surface area contributed by atoms with Crippen LogP contribution in [-0.4, -0.2) is 43.0 Å². The van der Waals surface area contributed by atoms with Gasteiger partial charge in [0.15, 0.2) is 5.16 Å². The molecular formula is C23H22N6O4S. The number of amides is 1. The first-order chi connectivity index (χ1) is 16.5. The van der Waals surface area contributed by atoms with Crippen molar-refractivity contribution in [2.45, 2.75) is 18.5 Å². The van der Waals surface area contributed by atoms with E-state index in [0.717, 1.165) is 5.69 Å². The third-order valence-electron chi connectivity index (χ3n) is 4.67. The molecule has 10 nitrogen and oxygen atoms in total. The van der Waals surface area contributed by atoms with E-state index in [4.69, 9.17) is 4.74 Å². The number of rotatable bonds is 9. The highest BCUT2D eigenvalue weighted by Crippen LogP contribution is 2.26. The average Bonchev–Trinajstić information content (AvgIpc) is 3.21. The Bertz CT molecular complexity index is 1370. The van der Waals surface area contributed by atoms with E-state index in [1.54, 1.807) is 16.7 Å². The summed E-state index contributed by atoms with van der Waals surface area (Å²) in [7, 11) is 0. The van der Waals surface area contributed by atoms with Crippen molar-refractivity contribution in [1.29, 1.82) is 0 Å². The molecule has 4 aromatic rings. The molecule has 3 N–H and O–H groups in total. The smallest absolute Gasteiger partial charge is 0.325 e. The van der Waals surface area contributed by atoms with E-state index >= 15 is 0 Å². The summed E-state index contributed by atoms with van der Waals surface area (Å²) in [5, 5.41) is 11.9. The molecule has 0 saturated heterocycles. The standard InChI is InChI=1S/C23H22N6O4S/c1-2-33-18-11-7-6-10-17(18)25-21(31)14-34-23-28-27-19(29(23)16-8-4-3-5-9-16)12-15-13-20(30)26-22(32)24-15/h3-11,13H,2,12,14H2,1H3,(H,25,31)(H2,24,26,30,32). The maximum atomic E-state index is 12.6. The first kappa shape index (κ1) is 23.1. The van der Waals surface area contributed by atoms with Gasteiger partial charge in [-0.15, -0.1) is 10.2 Å². The van der Waals surface area contributed by atoms with Gasteiger partial charge in [-0.3, -0.25) is 19.1 Å². The molecule has 11 heteroatoms. The number of H-pyrrole nitrogens is 2. The van der Waals surface area contributed by atoms with Crippen LogP contribution in [-0.2, 0) is 11.2 Å². The molecule has 0 aliphatic rings. The fourth-order valence-electron chi connectivity index (χ4n) is 3.30. The molecular weight excluding hydrogens is 456 g/mol. The van der Waals surface area contributed by atoms with E-state index in [-0.39, 0.29) is 18.1 Å². The molecule has 0 spiro atoms. The molecule has 2 heterocycles. The van der Waals surface area contributed by atoms with Crippen LogP contribution in [0.5, 0.6) is 5.75 Å². The van der Waals surface area contributed by atoms with Crippen LogP contribution in [0, 0.1) is 0 Å². The quantitative estimate of drug-likeness (QED) is 0.314. The molecule has 0 fully saturated rings. The summed E-state index contributed by atoms with van der Waals surface area (Å²) in [5.74, 6) is 0.981. The van der Waals surface area contributed by atoms with E-state index in [9.17, 15) is 14.4 Å². The van der Waals surface area contributed by atoms with Crippen molar-refractivity contribution in [2.75, 3.05) is 17.7 Å². The number of anilines is 1. The van der Waals surface area contributed by atoms with Gasteiger partial charge in [0.2, 0.25) is 5.91 Å². The van der Waals surface area contributed by atoms with Crippen LogP contribution in [0.15, 0.2) is 75.4 Å². The van der Waals surface area contributed by atoms with Crippen LogP contribution < -0.4 is 21.3 Å².